The molecular formula is C15H24N2O. The monoisotopic (exact) mass is 248 g/mol. The van der Waals surface area contributed by atoms with Crippen LogP contribution in [0.3, 0.4) is 0 Å². The van der Waals surface area contributed by atoms with E-state index in [2.05, 4.69) is 24.0 Å². The first-order chi connectivity index (χ1) is 8.77. The van der Waals surface area contributed by atoms with Gasteiger partial charge in [0.2, 0.25) is 0 Å². The van der Waals surface area contributed by atoms with Crippen LogP contribution in [-0.4, -0.2) is 31.1 Å². The van der Waals surface area contributed by atoms with Crippen molar-refractivity contribution in [3.63, 3.8) is 0 Å². The summed E-state index contributed by atoms with van der Waals surface area (Å²) in [4.78, 5) is 2.51. The SMILES string of the molecule is CCC(N)C(c1ccccc1OC)N1CCCC1. The smallest absolute Gasteiger partial charge is 0.123 e. The van der Waals surface area contributed by atoms with Crippen LogP contribution in [0, 0.1) is 0 Å². The highest BCUT2D eigenvalue weighted by Gasteiger charge is 2.29. The van der Waals surface area contributed by atoms with E-state index in [9.17, 15) is 0 Å². The zero-order valence-corrected chi connectivity index (χ0v) is 11.4. The fraction of sp³-hybridized carbons (Fsp3) is 0.600. The minimum absolute atomic E-state index is 0.166. The largest absolute Gasteiger partial charge is 0.496 e. The van der Waals surface area contributed by atoms with E-state index < -0.39 is 0 Å². The molecule has 0 radical (unpaired) electrons. The van der Waals surface area contributed by atoms with Gasteiger partial charge in [0.05, 0.1) is 13.2 Å². The summed E-state index contributed by atoms with van der Waals surface area (Å²) in [6.07, 6.45) is 3.55. The minimum Gasteiger partial charge on any atom is -0.496 e. The number of ether oxygens (including phenoxy) is 1. The van der Waals surface area contributed by atoms with Gasteiger partial charge in [-0.2, -0.15) is 0 Å². The molecule has 0 aliphatic carbocycles. The number of likely N-dealkylation sites (tertiary alicyclic amines) is 1. The van der Waals surface area contributed by atoms with Crippen molar-refractivity contribution in [1.82, 2.24) is 4.90 Å². The maximum absolute atomic E-state index is 6.36. The van der Waals surface area contributed by atoms with E-state index in [0.29, 0.717) is 0 Å². The summed E-state index contributed by atoms with van der Waals surface area (Å²) in [5, 5.41) is 0. The highest BCUT2D eigenvalue weighted by molar-refractivity contribution is 5.37. The minimum atomic E-state index is 0.166. The van der Waals surface area contributed by atoms with Crippen molar-refractivity contribution in [2.45, 2.75) is 38.3 Å². The quantitative estimate of drug-likeness (QED) is 0.870. The zero-order chi connectivity index (χ0) is 13.0. The predicted molar refractivity (Wildman–Crippen MR) is 74.8 cm³/mol. The summed E-state index contributed by atoms with van der Waals surface area (Å²) < 4.78 is 5.50. The lowest BCUT2D eigenvalue weighted by Crippen LogP contribution is -2.39. The molecule has 1 fully saturated rings. The molecule has 2 rings (SSSR count). The van der Waals surface area contributed by atoms with Gasteiger partial charge >= 0.3 is 0 Å². The third kappa shape index (κ3) is 2.68. The number of para-hydroxylation sites is 1. The Labute approximate surface area is 110 Å². The standard InChI is InChI=1S/C15H24N2O/c1-3-13(16)15(17-10-6-7-11-17)12-8-4-5-9-14(12)18-2/h4-5,8-9,13,15H,3,6-7,10-11,16H2,1-2H3. The lowest BCUT2D eigenvalue weighted by Gasteiger charge is -2.33. The molecule has 1 aliphatic rings. The van der Waals surface area contributed by atoms with Gasteiger partial charge in [-0.05, 0) is 38.4 Å². The van der Waals surface area contributed by atoms with E-state index in [0.717, 1.165) is 25.3 Å². The van der Waals surface area contributed by atoms with Gasteiger partial charge in [0.15, 0.2) is 0 Å². The molecule has 0 spiro atoms. The van der Waals surface area contributed by atoms with Crippen molar-refractivity contribution >= 4 is 0 Å². The Morgan fingerprint density at radius 3 is 2.56 bits per heavy atom. The third-order valence-electron chi connectivity index (χ3n) is 3.87. The fourth-order valence-corrected chi connectivity index (χ4v) is 2.85. The fourth-order valence-electron chi connectivity index (χ4n) is 2.85. The van der Waals surface area contributed by atoms with E-state index in [-0.39, 0.29) is 12.1 Å². The maximum atomic E-state index is 6.36. The number of nitrogens with zero attached hydrogens (tertiary/aromatic N) is 1. The molecular weight excluding hydrogens is 224 g/mol. The van der Waals surface area contributed by atoms with Gasteiger partial charge in [-0.1, -0.05) is 25.1 Å². The number of benzene rings is 1. The van der Waals surface area contributed by atoms with Crippen LogP contribution >= 0.6 is 0 Å². The van der Waals surface area contributed by atoms with Gasteiger partial charge in [-0.15, -0.1) is 0 Å². The summed E-state index contributed by atoms with van der Waals surface area (Å²) in [5.74, 6) is 0.957. The Balaban J connectivity index is 2.32. The summed E-state index contributed by atoms with van der Waals surface area (Å²) >= 11 is 0. The average Bonchev–Trinajstić information content (AvgIpc) is 2.93. The van der Waals surface area contributed by atoms with Crippen LogP contribution in [0.5, 0.6) is 5.75 Å². The van der Waals surface area contributed by atoms with Gasteiger partial charge in [0.25, 0.3) is 0 Å². The van der Waals surface area contributed by atoms with E-state index in [1.54, 1.807) is 7.11 Å². The summed E-state index contributed by atoms with van der Waals surface area (Å²) in [6, 6.07) is 8.72. The molecule has 1 aromatic rings. The molecule has 18 heavy (non-hydrogen) atoms. The first-order valence-corrected chi connectivity index (χ1v) is 6.90. The molecule has 3 heteroatoms. The Bertz CT molecular complexity index is 375. The van der Waals surface area contributed by atoms with Crippen molar-refractivity contribution in [3.05, 3.63) is 29.8 Å². The molecule has 2 N–H and O–H groups in total. The summed E-state index contributed by atoms with van der Waals surface area (Å²) in [6.45, 7) is 4.45. The van der Waals surface area contributed by atoms with Crippen LogP contribution in [0.1, 0.15) is 37.8 Å². The number of rotatable bonds is 5. The van der Waals surface area contributed by atoms with E-state index in [1.807, 2.05) is 12.1 Å². The third-order valence-corrected chi connectivity index (χ3v) is 3.87. The van der Waals surface area contributed by atoms with Gasteiger partial charge in [-0.25, -0.2) is 0 Å². The first kappa shape index (κ1) is 13.4. The van der Waals surface area contributed by atoms with Gasteiger partial charge in [0, 0.05) is 11.6 Å². The summed E-state index contributed by atoms with van der Waals surface area (Å²) in [7, 11) is 1.73. The molecule has 100 valence electrons. The Hall–Kier alpha value is -1.06. The Kier molecular flexibility index (Phi) is 4.61. The van der Waals surface area contributed by atoms with Crippen molar-refractivity contribution in [2.24, 2.45) is 5.73 Å². The topological polar surface area (TPSA) is 38.5 Å². The second kappa shape index (κ2) is 6.21. The van der Waals surface area contributed by atoms with Crippen LogP contribution < -0.4 is 10.5 Å². The molecule has 0 bridgehead atoms. The first-order valence-electron chi connectivity index (χ1n) is 6.90. The molecule has 0 aromatic heterocycles. The van der Waals surface area contributed by atoms with E-state index in [4.69, 9.17) is 10.5 Å². The molecule has 1 heterocycles. The van der Waals surface area contributed by atoms with Crippen LogP contribution in [0.4, 0.5) is 0 Å². The molecule has 0 saturated carbocycles. The summed E-state index contributed by atoms with van der Waals surface area (Å²) in [5.41, 5.74) is 7.59. The van der Waals surface area contributed by atoms with Crippen molar-refractivity contribution in [1.29, 1.82) is 0 Å². The van der Waals surface area contributed by atoms with Crippen LogP contribution in [0.25, 0.3) is 0 Å². The van der Waals surface area contributed by atoms with Crippen molar-refractivity contribution in [2.75, 3.05) is 20.2 Å². The van der Waals surface area contributed by atoms with Crippen molar-refractivity contribution in [3.8, 4) is 5.75 Å². The van der Waals surface area contributed by atoms with E-state index in [1.165, 1.54) is 18.4 Å². The number of methoxy groups -OCH3 is 1. The van der Waals surface area contributed by atoms with Crippen LogP contribution in [0.2, 0.25) is 0 Å². The Morgan fingerprint density at radius 1 is 1.28 bits per heavy atom. The highest BCUT2D eigenvalue weighted by Crippen LogP contribution is 2.34. The second-order valence-electron chi connectivity index (χ2n) is 5.00. The molecule has 1 saturated heterocycles. The molecule has 1 aliphatic heterocycles. The lowest BCUT2D eigenvalue weighted by molar-refractivity contribution is 0.205. The highest BCUT2D eigenvalue weighted by atomic mass is 16.5. The van der Waals surface area contributed by atoms with Crippen molar-refractivity contribution < 1.29 is 4.74 Å². The number of nitrogens with two attached hydrogens (primary N) is 1. The average molecular weight is 248 g/mol. The zero-order valence-electron chi connectivity index (χ0n) is 11.4. The van der Waals surface area contributed by atoms with Gasteiger partial charge < -0.3 is 10.5 Å². The second-order valence-corrected chi connectivity index (χ2v) is 5.00. The molecule has 3 nitrogen and oxygen atoms in total. The van der Waals surface area contributed by atoms with Crippen LogP contribution in [0.15, 0.2) is 24.3 Å². The predicted octanol–water partition coefficient (Wildman–Crippen LogP) is 2.57. The van der Waals surface area contributed by atoms with E-state index >= 15 is 0 Å². The molecule has 0 amide bonds. The van der Waals surface area contributed by atoms with Crippen LogP contribution in [-0.2, 0) is 0 Å². The molecule has 2 unspecified atom stereocenters. The van der Waals surface area contributed by atoms with Gasteiger partial charge in [-0.3, -0.25) is 4.90 Å². The Morgan fingerprint density at radius 2 is 1.94 bits per heavy atom. The number of hydrogen-bond acceptors (Lipinski definition) is 3. The lowest BCUT2D eigenvalue weighted by atomic mass is 9.95. The maximum Gasteiger partial charge on any atom is 0.123 e. The molecule has 1 aromatic carbocycles. The molecule has 2 atom stereocenters. The number of hydrogen-bond donors (Lipinski definition) is 1. The van der Waals surface area contributed by atoms with Gasteiger partial charge in [0.1, 0.15) is 5.75 Å². The normalized spacial score (nSPS) is 19.7.